The van der Waals surface area contributed by atoms with Gasteiger partial charge in [0, 0.05) is 29.0 Å². The van der Waals surface area contributed by atoms with Gasteiger partial charge in [-0.1, -0.05) is 11.6 Å². The predicted molar refractivity (Wildman–Crippen MR) is 79.7 cm³/mol. The van der Waals surface area contributed by atoms with Gasteiger partial charge < -0.3 is 10.1 Å². The van der Waals surface area contributed by atoms with Crippen molar-refractivity contribution in [2.24, 2.45) is 0 Å². The molecular formula is C15H15ClN2O2. The molecule has 0 unspecified atom stereocenters. The Bertz CT molecular complexity index is 656. The molecule has 2 rings (SSSR count). The second-order valence-corrected chi connectivity index (χ2v) is 4.85. The number of pyridine rings is 1. The van der Waals surface area contributed by atoms with E-state index < -0.39 is 0 Å². The fraction of sp³-hybridized carbons (Fsp3) is 0.200. The highest BCUT2D eigenvalue weighted by atomic mass is 35.5. The number of nitrogens with one attached hydrogen (secondary N) is 1. The first-order valence-corrected chi connectivity index (χ1v) is 6.47. The fourth-order valence-corrected chi connectivity index (χ4v) is 2.00. The zero-order chi connectivity index (χ0) is 14.7. The molecule has 20 heavy (non-hydrogen) atoms. The second-order valence-electron chi connectivity index (χ2n) is 4.45. The van der Waals surface area contributed by atoms with Gasteiger partial charge in [0.25, 0.3) is 5.91 Å². The number of anilines is 1. The lowest BCUT2D eigenvalue weighted by molar-refractivity contribution is 0.102. The van der Waals surface area contributed by atoms with E-state index in [2.05, 4.69) is 10.3 Å². The van der Waals surface area contributed by atoms with Crippen LogP contribution in [0.4, 0.5) is 5.69 Å². The first-order chi connectivity index (χ1) is 9.52. The number of hydrogen-bond acceptors (Lipinski definition) is 3. The lowest BCUT2D eigenvalue weighted by atomic mass is 10.1. The van der Waals surface area contributed by atoms with Gasteiger partial charge in [-0.25, -0.2) is 0 Å². The van der Waals surface area contributed by atoms with Crippen LogP contribution in [0, 0.1) is 13.8 Å². The third-order valence-corrected chi connectivity index (χ3v) is 3.40. The number of ether oxygens (including phenoxy) is 1. The second kappa shape index (κ2) is 5.92. The molecule has 4 nitrogen and oxygen atoms in total. The van der Waals surface area contributed by atoms with Gasteiger partial charge in [-0.05, 0) is 37.1 Å². The van der Waals surface area contributed by atoms with Gasteiger partial charge in [0.1, 0.15) is 5.75 Å². The van der Waals surface area contributed by atoms with Crippen LogP contribution in [-0.2, 0) is 0 Å². The molecule has 1 aromatic heterocycles. The van der Waals surface area contributed by atoms with Crippen molar-refractivity contribution >= 4 is 23.2 Å². The summed E-state index contributed by atoms with van der Waals surface area (Å²) in [6.07, 6.45) is 3.24. The van der Waals surface area contributed by atoms with E-state index >= 15 is 0 Å². The summed E-state index contributed by atoms with van der Waals surface area (Å²) >= 11 is 6.04. The molecule has 0 aliphatic rings. The molecule has 0 aliphatic carbocycles. The van der Waals surface area contributed by atoms with E-state index in [1.165, 1.54) is 7.11 Å². The fourth-order valence-electron chi connectivity index (χ4n) is 1.85. The maximum absolute atomic E-state index is 12.3. The number of aryl methyl sites for hydroxylation is 2. The number of amides is 1. The first-order valence-electron chi connectivity index (χ1n) is 6.09. The molecule has 0 saturated carbocycles. The zero-order valence-corrected chi connectivity index (χ0v) is 12.3. The summed E-state index contributed by atoms with van der Waals surface area (Å²) in [6, 6.07) is 5.15. The maximum Gasteiger partial charge on any atom is 0.256 e. The van der Waals surface area contributed by atoms with Crippen LogP contribution in [0.3, 0.4) is 0 Å². The molecule has 0 bridgehead atoms. The topological polar surface area (TPSA) is 51.2 Å². The normalized spacial score (nSPS) is 10.2. The molecule has 0 fully saturated rings. The van der Waals surface area contributed by atoms with Crippen LogP contribution in [0.1, 0.15) is 21.5 Å². The number of nitrogens with zero attached hydrogens (tertiary/aromatic N) is 1. The number of hydrogen-bond donors (Lipinski definition) is 1. The van der Waals surface area contributed by atoms with E-state index in [0.29, 0.717) is 22.0 Å². The Morgan fingerprint density at radius 3 is 2.70 bits per heavy atom. The van der Waals surface area contributed by atoms with Gasteiger partial charge in [-0.15, -0.1) is 0 Å². The van der Waals surface area contributed by atoms with E-state index in [4.69, 9.17) is 16.3 Å². The van der Waals surface area contributed by atoms with Crippen molar-refractivity contribution in [3.63, 3.8) is 0 Å². The van der Waals surface area contributed by atoms with Crippen molar-refractivity contribution in [2.75, 3.05) is 12.4 Å². The lowest BCUT2D eigenvalue weighted by Crippen LogP contribution is -2.14. The summed E-state index contributed by atoms with van der Waals surface area (Å²) in [7, 11) is 1.54. The number of halogens is 1. The molecule has 5 heteroatoms. The monoisotopic (exact) mass is 290 g/mol. The minimum absolute atomic E-state index is 0.204. The number of carbonyl (C=O) groups excluding carboxylic acids is 1. The third-order valence-electron chi connectivity index (χ3n) is 2.99. The largest absolute Gasteiger partial charge is 0.495 e. The molecule has 0 aliphatic heterocycles. The van der Waals surface area contributed by atoms with Gasteiger partial charge in [0.2, 0.25) is 0 Å². The average molecular weight is 291 g/mol. The van der Waals surface area contributed by atoms with Crippen LogP contribution in [0.2, 0.25) is 5.02 Å². The molecular weight excluding hydrogens is 276 g/mol. The quantitative estimate of drug-likeness (QED) is 0.939. The standard InChI is InChI=1S/C15H15ClN2O2/c1-9-6-13(14(20-3)7-12(9)16)18-15(19)11-4-5-17-8-10(11)2/h4-8H,1-3H3,(H,18,19). The van der Waals surface area contributed by atoms with Crippen LogP contribution >= 0.6 is 11.6 Å². The molecule has 1 N–H and O–H groups in total. The average Bonchev–Trinajstić information content (AvgIpc) is 2.43. The summed E-state index contributed by atoms with van der Waals surface area (Å²) in [4.78, 5) is 16.2. The Hall–Kier alpha value is -2.07. The van der Waals surface area contributed by atoms with Gasteiger partial charge in [-0.3, -0.25) is 9.78 Å². The molecule has 0 spiro atoms. The summed E-state index contributed by atoms with van der Waals surface area (Å²) in [5.74, 6) is 0.325. The summed E-state index contributed by atoms with van der Waals surface area (Å²) in [5.41, 5.74) is 2.86. The summed E-state index contributed by atoms with van der Waals surface area (Å²) < 4.78 is 5.24. The molecule has 0 radical (unpaired) electrons. The van der Waals surface area contributed by atoms with Gasteiger partial charge in [0.15, 0.2) is 0 Å². The van der Waals surface area contributed by atoms with Crippen LogP contribution in [-0.4, -0.2) is 18.0 Å². The van der Waals surface area contributed by atoms with Crippen molar-refractivity contribution in [2.45, 2.75) is 13.8 Å². The summed E-state index contributed by atoms with van der Waals surface area (Å²) in [6.45, 7) is 3.71. The van der Waals surface area contributed by atoms with Crippen LogP contribution < -0.4 is 10.1 Å². The Morgan fingerprint density at radius 1 is 1.30 bits per heavy atom. The molecule has 0 atom stereocenters. The number of rotatable bonds is 3. The Kier molecular flexibility index (Phi) is 4.25. The number of aromatic nitrogens is 1. The first kappa shape index (κ1) is 14.3. The highest BCUT2D eigenvalue weighted by molar-refractivity contribution is 6.31. The highest BCUT2D eigenvalue weighted by Crippen LogP contribution is 2.31. The van der Waals surface area contributed by atoms with E-state index in [0.717, 1.165) is 11.1 Å². The third kappa shape index (κ3) is 2.91. The lowest BCUT2D eigenvalue weighted by Gasteiger charge is -2.13. The van der Waals surface area contributed by atoms with Gasteiger partial charge in [0.05, 0.1) is 12.8 Å². The SMILES string of the molecule is COc1cc(Cl)c(C)cc1NC(=O)c1ccncc1C. The molecule has 2 aromatic rings. The number of methoxy groups -OCH3 is 1. The van der Waals surface area contributed by atoms with Crippen molar-refractivity contribution in [1.29, 1.82) is 0 Å². The van der Waals surface area contributed by atoms with Crippen molar-refractivity contribution < 1.29 is 9.53 Å². The van der Waals surface area contributed by atoms with Crippen LogP contribution in [0.15, 0.2) is 30.6 Å². The maximum atomic E-state index is 12.3. The predicted octanol–water partition coefficient (Wildman–Crippen LogP) is 3.61. The van der Waals surface area contributed by atoms with Crippen molar-refractivity contribution in [3.05, 3.63) is 52.3 Å². The Balaban J connectivity index is 2.33. The number of carbonyl (C=O) groups is 1. The Morgan fingerprint density at radius 2 is 2.05 bits per heavy atom. The van der Waals surface area contributed by atoms with Crippen LogP contribution in [0.5, 0.6) is 5.75 Å². The molecule has 1 amide bonds. The van der Waals surface area contributed by atoms with Crippen LogP contribution in [0.25, 0.3) is 0 Å². The Labute approximate surface area is 122 Å². The van der Waals surface area contributed by atoms with E-state index in [9.17, 15) is 4.79 Å². The van der Waals surface area contributed by atoms with E-state index in [-0.39, 0.29) is 5.91 Å². The van der Waals surface area contributed by atoms with Gasteiger partial charge in [-0.2, -0.15) is 0 Å². The molecule has 0 saturated heterocycles. The molecule has 1 heterocycles. The van der Waals surface area contributed by atoms with Crippen molar-refractivity contribution in [3.8, 4) is 5.75 Å². The minimum atomic E-state index is -0.204. The minimum Gasteiger partial charge on any atom is -0.495 e. The smallest absolute Gasteiger partial charge is 0.256 e. The van der Waals surface area contributed by atoms with Crippen molar-refractivity contribution in [1.82, 2.24) is 4.98 Å². The van der Waals surface area contributed by atoms with Gasteiger partial charge >= 0.3 is 0 Å². The number of benzene rings is 1. The molecule has 1 aromatic carbocycles. The summed E-state index contributed by atoms with van der Waals surface area (Å²) in [5, 5.41) is 3.43. The molecule has 104 valence electrons. The zero-order valence-electron chi connectivity index (χ0n) is 11.5. The van der Waals surface area contributed by atoms with E-state index in [1.807, 2.05) is 13.8 Å². The highest BCUT2D eigenvalue weighted by Gasteiger charge is 2.13. The van der Waals surface area contributed by atoms with E-state index in [1.54, 1.807) is 30.6 Å².